The van der Waals surface area contributed by atoms with Crippen molar-refractivity contribution in [3.63, 3.8) is 0 Å². The van der Waals surface area contributed by atoms with E-state index in [1.54, 1.807) is 24.3 Å². The number of sulfonamides is 1. The van der Waals surface area contributed by atoms with Gasteiger partial charge in [0.2, 0.25) is 10.0 Å². The molecule has 0 atom stereocenters. The van der Waals surface area contributed by atoms with Gasteiger partial charge in [0.15, 0.2) is 6.61 Å². The van der Waals surface area contributed by atoms with Crippen LogP contribution in [-0.4, -0.2) is 69.4 Å². The van der Waals surface area contributed by atoms with E-state index < -0.39 is 10.0 Å². The number of hydrogen-bond acceptors (Lipinski definition) is 5. The molecule has 2 aliphatic rings. The molecule has 0 unspecified atom stereocenters. The van der Waals surface area contributed by atoms with E-state index in [4.69, 9.17) is 4.74 Å². The molecule has 0 spiro atoms. The molecule has 2 heterocycles. The fourth-order valence-corrected chi connectivity index (χ4v) is 5.39. The second-order valence-electron chi connectivity index (χ2n) is 7.57. The Morgan fingerprint density at radius 3 is 2.10 bits per heavy atom. The van der Waals surface area contributed by atoms with Crippen LogP contribution in [0.4, 0.5) is 5.69 Å². The molecule has 8 heteroatoms. The van der Waals surface area contributed by atoms with Gasteiger partial charge < -0.3 is 14.5 Å². The largest absolute Gasteiger partial charge is 0.484 e. The lowest BCUT2D eigenvalue weighted by molar-refractivity contribution is -0.133. The van der Waals surface area contributed by atoms with Gasteiger partial charge in [-0.2, -0.15) is 4.31 Å². The zero-order valence-corrected chi connectivity index (χ0v) is 17.8. The quantitative estimate of drug-likeness (QED) is 0.704. The number of para-hydroxylation sites is 1. The maximum absolute atomic E-state index is 12.6. The van der Waals surface area contributed by atoms with Crippen LogP contribution in [0, 0.1) is 0 Å². The van der Waals surface area contributed by atoms with Gasteiger partial charge in [-0.3, -0.25) is 4.79 Å². The SMILES string of the molecule is O=C(COc1ccc(S(=O)(=O)N2CCCC2)cc1)N1CCN(c2ccccc2)CC1. The van der Waals surface area contributed by atoms with E-state index in [1.165, 1.54) is 9.99 Å². The van der Waals surface area contributed by atoms with Gasteiger partial charge in [-0.1, -0.05) is 18.2 Å². The molecule has 0 radical (unpaired) electrons. The number of anilines is 1. The molecular weight excluding hydrogens is 402 g/mol. The summed E-state index contributed by atoms with van der Waals surface area (Å²) in [5.41, 5.74) is 1.17. The molecule has 7 nitrogen and oxygen atoms in total. The van der Waals surface area contributed by atoms with Crippen molar-refractivity contribution in [3.8, 4) is 5.75 Å². The average Bonchev–Trinajstić information content (AvgIpc) is 3.34. The number of rotatable bonds is 6. The monoisotopic (exact) mass is 429 g/mol. The van der Waals surface area contributed by atoms with Crippen LogP contribution >= 0.6 is 0 Å². The van der Waals surface area contributed by atoms with Crippen LogP contribution in [0.2, 0.25) is 0 Å². The summed E-state index contributed by atoms with van der Waals surface area (Å²) < 4.78 is 32.3. The highest BCUT2D eigenvalue weighted by atomic mass is 32.2. The lowest BCUT2D eigenvalue weighted by atomic mass is 10.2. The van der Waals surface area contributed by atoms with Crippen molar-refractivity contribution >= 4 is 21.6 Å². The van der Waals surface area contributed by atoms with Crippen molar-refractivity contribution in [2.75, 3.05) is 50.8 Å². The first-order valence-electron chi connectivity index (χ1n) is 10.3. The first-order valence-corrected chi connectivity index (χ1v) is 11.8. The summed E-state index contributed by atoms with van der Waals surface area (Å²) in [7, 11) is -3.43. The molecule has 2 saturated heterocycles. The van der Waals surface area contributed by atoms with E-state index in [9.17, 15) is 13.2 Å². The van der Waals surface area contributed by atoms with Crippen LogP contribution in [0.25, 0.3) is 0 Å². The average molecular weight is 430 g/mol. The Morgan fingerprint density at radius 2 is 1.47 bits per heavy atom. The third kappa shape index (κ3) is 4.60. The maximum Gasteiger partial charge on any atom is 0.260 e. The van der Waals surface area contributed by atoms with Crippen LogP contribution in [-0.2, 0) is 14.8 Å². The Balaban J connectivity index is 1.27. The normalized spacial score (nSPS) is 17.9. The predicted octanol–water partition coefficient (Wildman–Crippen LogP) is 2.20. The first kappa shape index (κ1) is 20.7. The molecule has 0 aliphatic carbocycles. The zero-order chi connectivity index (χ0) is 21.0. The standard InChI is InChI=1S/C22H27N3O4S/c26-22(24-16-14-23(15-17-24)19-6-2-1-3-7-19)18-29-20-8-10-21(11-9-20)30(27,28)25-12-4-5-13-25/h1-3,6-11H,4-5,12-18H2. The summed E-state index contributed by atoms with van der Waals surface area (Å²) in [6, 6.07) is 16.5. The number of ether oxygens (including phenoxy) is 1. The maximum atomic E-state index is 12.6. The van der Waals surface area contributed by atoms with Crippen LogP contribution in [0.5, 0.6) is 5.75 Å². The molecule has 2 aliphatic heterocycles. The molecule has 2 fully saturated rings. The molecule has 0 aromatic heterocycles. The van der Waals surface area contributed by atoms with E-state index >= 15 is 0 Å². The van der Waals surface area contributed by atoms with E-state index in [-0.39, 0.29) is 17.4 Å². The number of nitrogens with zero attached hydrogens (tertiary/aromatic N) is 3. The van der Waals surface area contributed by atoms with Crippen molar-refractivity contribution in [1.29, 1.82) is 0 Å². The van der Waals surface area contributed by atoms with E-state index in [2.05, 4.69) is 17.0 Å². The molecule has 0 bridgehead atoms. The zero-order valence-electron chi connectivity index (χ0n) is 16.9. The molecular formula is C22H27N3O4S. The summed E-state index contributed by atoms with van der Waals surface area (Å²) in [4.78, 5) is 16.8. The van der Waals surface area contributed by atoms with E-state index in [0.29, 0.717) is 31.9 Å². The Morgan fingerprint density at radius 1 is 0.833 bits per heavy atom. The van der Waals surface area contributed by atoms with Crippen molar-refractivity contribution in [2.24, 2.45) is 0 Å². The third-order valence-electron chi connectivity index (χ3n) is 5.64. The molecule has 0 N–H and O–H groups in total. The van der Waals surface area contributed by atoms with Gasteiger partial charge in [-0.25, -0.2) is 8.42 Å². The van der Waals surface area contributed by atoms with Gasteiger partial charge in [0.1, 0.15) is 5.75 Å². The summed E-state index contributed by atoms with van der Waals surface area (Å²) in [6.45, 7) is 3.99. The highest BCUT2D eigenvalue weighted by Gasteiger charge is 2.27. The lowest BCUT2D eigenvalue weighted by Crippen LogP contribution is -2.50. The molecule has 1 amide bonds. The van der Waals surface area contributed by atoms with E-state index in [1.807, 2.05) is 23.1 Å². The second-order valence-corrected chi connectivity index (χ2v) is 9.51. The van der Waals surface area contributed by atoms with Crippen LogP contribution < -0.4 is 9.64 Å². The van der Waals surface area contributed by atoms with Gasteiger partial charge in [0.25, 0.3) is 5.91 Å². The molecule has 0 saturated carbocycles. The predicted molar refractivity (Wildman–Crippen MR) is 115 cm³/mol. The van der Waals surface area contributed by atoms with Gasteiger partial charge >= 0.3 is 0 Å². The molecule has 2 aromatic rings. The van der Waals surface area contributed by atoms with Gasteiger partial charge in [0, 0.05) is 45.0 Å². The lowest BCUT2D eigenvalue weighted by Gasteiger charge is -2.36. The van der Waals surface area contributed by atoms with Gasteiger partial charge in [0.05, 0.1) is 4.90 Å². The van der Waals surface area contributed by atoms with Crippen LogP contribution in [0.1, 0.15) is 12.8 Å². The first-order chi connectivity index (χ1) is 14.5. The number of carbonyl (C=O) groups is 1. The van der Waals surface area contributed by atoms with Crippen molar-refractivity contribution in [2.45, 2.75) is 17.7 Å². The van der Waals surface area contributed by atoms with Crippen molar-refractivity contribution < 1.29 is 17.9 Å². The number of hydrogen-bond donors (Lipinski definition) is 0. The highest BCUT2D eigenvalue weighted by Crippen LogP contribution is 2.23. The second kappa shape index (κ2) is 9.06. The van der Waals surface area contributed by atoms with Crippen molar-refractivity contribution in [3.05, 3.63) is 54.6 Å². The minimum Gasteiger partial charge on any atom is -0.484 e. The minimum absolute atomic E-state index is 0.0520. The summed E-state index contributed by atoms with van der Waals surface area (Å²) in [6.07, 6.45) is 1.81. The Kier molecular flexibility index (Phi) is 6.24. The Labute approximate surface area is 177 Å². The highest BCUT2D eigenvalue weighted by molar-refractivity contribution is 7.89. The van der Waals surface area contributed by atoms with Gasteiger partial charge in [-0.05, 0) is 49.2 Å². The minimum atomic E-state index is -3.43. The summed E-state index contributed by atoms with van der Waals surface area (Å²) in [5, 5.41) is 0. The van der Waals surface area contributed by atoms with Crippen LogP contribution in [0.3, 0.4) is 0 Å². The van der Waals surface area contributed by atoms with Crippen LogP contribution in [0.15, 0.2) is 59.5 Å². The summed E-state index contributed by atoms with van der Waals surface area (Å²) >= 11 is 0. The number of benzene rings is 2. The fraction of sp³-hybridized carbons (Fsp3) is 0.409. The van der Waals surface area contributed by atoms with Crippen molar-refractivity contribution in [1.82, 2.24) is 9.21 Å². The summed E-state index contributed by atoms with van der Waals surface area (Å²) in [5.74, 6) is 0.433. The third-order valence-corrected chi connectivity index (χ3v) is 7.56. The number of amides is 1. The topological polar surface area (TPSA) is 70.2 Å². The molecule has 160 valence electrons. The Hall–Kier alpha value is -2.58. The smallest absolute Gasteiger partial charge is 0.260 e. The number of carbonyl (C=O) groups excluding carboxylic acids is 1. The molecule has 30 heavy (non-hydrogen) atoms. The number of piperazine rings is 1. The van der Waals surface area contributed by atoms with E-state index in [0.717, 1.165) is 25.9 Å². The van der Waals surface area contributed by atoms with Gasteiger partial charge in [-0.15, -0.1) is 0 Å². The fourth-order valence-electron chi connectivity index (χ4n) is 3.87. The molecule has 4 rings (SSSR count). The molecule has 2 aromatic carbocycles. The Bertz CT molecular complexity index is 950.